The van der Waals surface area contributed by atoms with Crippen molar-refractivity contribution in [2.45, 2.75) is 13.5 Å². The zero-order valence-corrected chi connectivity index (χ0v) is 12.9. The third-order valence-electron chi connectivity index (χ3n) is 2.49. The molecule has 1 heterocycles. The molecule has 1 aromatic carbocycles. The van der Waals surface area contributed by atoms with Crippen LogP contribution in [-0.4, -0.2) is 12.6 Å². The van der Waals surface area contributed by atoms with Gasteiger partial charge in [0.05, 0.1) is 16.0 Å². The molecule has 1 aromatic heterocycles. The van der Waals surface area contributed by atoms with Crippen LogP contribution in [0.2, 0.25) is 0 Å². The number of thiophene rings is 1. The molecule has 19 heavy (non-hydrogen) atoms. The van der Waals surface area contributed by atoms with E-state index in [0.29, 0.717) is 12.2 Å². The van der Waals surface area contributed by atoms with E-state index in [4.69, 9.17) is 4.74 Å². The molecule has 0 radical (unpaired) electrons. The molecule has 2 aromatic rings. The van der Waals surface area contributed by atoms with Crippen molar-refractivity contribution in [3.8, 4) is 0 Å². The topological polar surface area (TPSA) is 38.3 Å². The van der Waals surface area contributed by atoms with Crippen LogP contribution in [0, 0.1) is 0 Å². The molecule has 0 saturated heterocycles. The third-order valence-corrected chi connectivity index (χ3v) is 4.05. The summed E-state index contributed by atoms with van der Waals surface area (Å²) in [5.41, 5.74) is 2.68. The quantitative estimate of drug-likeness (QED) is 0.825. The Morgan fingerprint density at radius 3 is 2.95 bits per heavy atom. The summed E-state index contributed by atoms with van der Waals surface area (Å²) in [5, 5.41) is 5.38. The lowest BCUT2D eigenvalue weighted by Gasteiger charge is -2.07. The van der Waals surface area contributed by atoms with Gasteiger partial charge >= 0.3 is 5.97 Å². The van der Waals surface area contributed by atoms with E-state index in [0.717, 1.165) is 16.0 Å². The fraction of sp³-hybridized carbons (Fsp3) is 0.214. The number of anilines is 1. The number of benzene rings is 1. The largest absolute Gasteiger partial charge is 0.462 e. The Hall–Kier alpha value is -1.33. The molecule has 3 nitrogen and oxygen atoms in total. The molecule has 0 spiro atoms. The van der Waals surface area contributed by atoms with Gasteiger partial charge in [-0.25, -0.2) is 4.79 Å². The zero-order chi connectivity index (χ0) is 13.7. The number of hydrogen-bond donors (Lipinski definition) is 1. The second-order valence-electron chi connectivity index (χ2n) is 3.91. The minimum absolute atomic E-state index is 0.288. The number of esters is 1. The summed E-state index contributed by atoms with van der Waals surface area (Å²) >= 11 is 5.09. The molecule has 1 N–H and O–H groups in total. The number of carbonyl (C=O) groups is 1. The SMILES string of the molecule is CCOC(=O)c1cccc(NCc2csc(Br)c2)c1. The van der Waals surface area contributed by atoms with Crippen LogP contribution in [0.4, 0.5) is 5.69 Å². The maximum Gasteiger partial charge on any atom is 0.338 e. The van der Waals surface area contributed by atoms with Crippen LogP contribution in [0.1, 0.15) is 22.8 Å². The van der Waals surface area contributed by atoms with Gasteiger partial charge in [-0.1, -0.05) is 6.07 Å². The van der Waals surface area contributed by atoms with Crippen LogP contribution in [-0.2, 0) is 11.3 Å². The highest BCUT2D eigenvalue weighted by atomic mass is 79.9. The van der Waals surface area contributed by atoms with E-state index < -0.39 is 0 Å². The van der Waals surface area contributed by atoms with Gasteiger partial charge in [0, 0.05) is 12.2 Å². The Bertz CT molecular complexity index is 568. The summed E-state index contributed by atoms with van der Waals surface area (Å²) in [6.07, 6.45) is 0. The number of ether oxygens (including phenoxy) is 1. The van der Waals surface area contributed by atoms with Gasteiger partial charge in [-0.05, 0) is 58.1 Å². The molecule has 0 bridgehead atoms. The van der Waals surface area contributed by atoms with Crippen molar-refractivity contribution in [2.24, 2.45) is 0 Å². The second-order valence-corrected chi connectivity index (χ2v) is 6.20. The van der Waals surface area contributed by atoms with Gasteiger partial charge < -0.3 is 10.1 Å². The predicted octanol–water partition coefficient (Wildman–Crippen LogP) is 4.30. The van der Waals surface area contributed by atoms with Crippen molar-refractivity contribution >= 4 is 38.9 Å². The second kappa shape index (κ2) is 6.73. The summed E-state index contributed by atoms with van der Waals surface area (Å²) in [7, 11) is 0. The van der Waals surface area contributed by atoms with E-state index in [-0.39, 0.29) is 5.97 Å². The minimum Gasteiger partial charge on any atom is -0.462 e. The minimum atomic E-state index is -0.288. The average molecular weight is 340 g/mol. The van der Waals surface area contributed by atoms with Crippen LogP contribution in [0.5, 0.6) is 0 Å². The van der Waals surface area contributed by atoms with Crippen LogP contribution >= 0.6 is 27.3 Å². The predicted molar refractivity (Wildman–Crippen MR) is 81.7 cm³/mol. The highest BCUT2D eigenvalue weighted by molar-refractivity contribution is 9.11. The fourth-order valence-electron chi connectivity index (χ4n) is 1.61. The highest BCUT2D eigenvalue weighted by Crippen LogP contribution is 2.21. The van der Waals surface area contributed by atoms with Crippen molar-refractivity contribution in [2.75, 3.05) is 11.9 Å². The molecule has 2 rings (SSSR count). The molecule has 100 valence electrons. The van der Waals surface area contributed by atoms with Crippen LogP contribution < -0.4 is 5.32 Å². The summed E-state index contributed by atoms with van der Waals surface area (Å²) in [4.78, 5) is 11.6. The first-order valence-corrected chi connectivity index (χ1v) is 7.60. The molecule has 5 heteroatoms. The van der Waals surface area contributed by atoms with Crippen LogP contribution in [0.3, 0.4) is 0 Å². The molecule has 0 aliphatic heterocycles. The van der Waals surface area contributed by atoms with Crippen molar-refractivity contribution in [3.05, 3.63) is 50.6 Å². The number of hydrogen-bond acceptors (Lipinski definition) is 4. The summed E-state index contributed by atoms with van der Waals surface area (Å²) in [5.74, 6) is -0.288. The summed E-state index contributed by atoms with van der Waals surface area (Å²) in [6.45, 7) is 2.92. The number of nitrogens with one attached hydrogen (secondary N) is 1. The molecule has 0 atom stereocenters. The van der Waals surface area contributed by atoms with Gasteiger partial charge in [-0.3, -0.25) is 0 Å². The van der Waals surface area contributed by atoms with Gasteiger partial charge in [0.25, 0.3) is 0 Å². The van der Waals surface area contributed by atoms with Crippen molar-refractivity contribution < 1.29 is 9.53 Å². The van der Waals surface area contributed by atoms with Crippen molar-refractivity contribution in [1.29, 1.82) is 0 Å². The normalized spacial score (nSPS) is 10.2. The van der Waals surface area contributed by atoms with Gasteiger partial charge in [0.15, 0.2) is 0 Å². The Morgan fingerprint density at radius 2 is 2.26 bits per heavy atom. The van der Waals surface area contributed by atoms with Crippen LogP contribution in [0.25, 0.3) is 0 Å². The molecule has 0 aliphatic carbocycles. The number of halogens is 1. The number of rotatable bonds is 5. The monoisotopic (exact) mass is 339 g/mol. The third kappa shape index (κ3) is 4.08. The van der Waals surface area contributed by atoms with Crippen LogP contribution in [0.15, 0.2) is 39.5 Å². The molecule has 0 aliphatic rings. The van der Waals surface area contributed by atoms with Crippen molar-refractivity contribution in [3.63, 3.8) is 0 Å². The summed E-state index contributed by atoms with van der Waals surface area (Å²) in [6, 6.07) is 9.42. The fourth-order valence-corrected chi connectivity index (χ4v) is 2.82. The van der Waals surface area contributed by atoms with E-state index >= 15 is 0 Å². The molecule has 0 fully saturated rings. The van der Waals surface area contributed by atoms with E-state index in [2.05, 4.69) is 32.7 Å². The first kappa shape index (κ1) is 14.1. The average Bonchev–Trinajstić information content (AvgIpc) is 2.83. The van der Waals surface area contributed by atoms with Gasteiger partial charge in [0.2, 0.25) is 0 Å². The molecule has 0 saturated carbocycles. The lowest BCUT2D eigenvalue weighted by molar-refractivity contribution is 0.0526. The molecule has 0 amide bonds. The zero-order valence-electron chi connectivity index (χ0n) is 10.5. The molecule has 0 unspecified atom stereocenters. The lowest BCUT2D eigenvalue weighted by Crippen LogP contribution is -2.05. The van der Waals surface area contributed by atoms with Gasteiger partial charge in [-0.2, -0.15) is 0 Å². The van der Waals surface area contributed by atoms with Gasteiger partial charge in [-0.15, -0.1) is 11.3 Å². The van der Waals surface area contributed by atoms with E-state index in [1.54, 1.807) is 30.4 Å². The van der Waals surface area contributed by atoms with E-state index in [1.165, 1.54) is 5.56 Å². The first-order chi connectivity index (χ1) is 9.19. The Balaban J connectivity index is 2.00. The highest BCUT2D eigenvalue weighted by Gasteiger charge is 2.06. The first-order valence-electron chi connectivity index (χ1n) is 5.93. The maximum absolute atomic E-state index is 11.6. The lowest BCUT2D eigenvalue weighted by atomic mass is 10.2. The Morgan fingerprint density at radius 1 is 1.42 bits per heavy atom. The van der Waals surface area contributed by atoms with Crippen molar-refractivity contribution in [1.82, 2.24) is 0 Å². The standard InChI is InChI=1S/C14H14BrNO2S/c1-2-18-14(17)11-4-3-5-12(7-11)16-8-10-6-13(15)19-9-10/h3-7,9,16H,2,8H2,1H3. The Kier molecular flexibility index (Phi) is 4.99. The Labute approximate surface area is 124 Å². The smallest absolute Gasteiger partial charge is 0.338 e. The summed E-state index contributed by atoms with van der Waals surface area (Å²) < 4.78 is 6.09. The maximum atomic E-state index is 11.6. The van der Waals surface area contributed by atoms with E-state index in [1.807, 2.05) is 12.1 Å². The van der Waals surface area contributed by atoms with E-state index in [9.17, 15) is 4.79 Å². The van der Waals surface area contributed by atoms with Gasteiger partial charge in [0.1, 0.15) is 0 Å². The molecular weight excluding hydrogens is 326 g/mol. The number of carbonyl (C=O) groups excluding carboxylic acids is 1. The molecular formula is C14H14BrNO2S.